The molecule has 1 N–H and O–H groups in total. The molecule has 2 atom stereocenters. The molecule has 6 heteroatoms. The Bertz CT molecular complexity index is 692. The lowest BCUT2D eigenvalue weighted by atomic mass is 10.0. The van der Waals surface area contributed by atoms with Gasteiger partial charge in [0.05, 0.1) is 18.6 Å². The van der Waals surface area contributed by atoms with Crippen LogP contribution in [0.25, 0.3) is 0 Å². The van der Waals surface area contributed by atoms with Gasteiger partial charge in [-0.1, -0.05) is 162 Å². The Labute approximate surface area is 293 Å². The molecule has 0 spiro atoms. The van der Waals surface area contributed by atoms with Gasteiger partial charge in [-0.15, -0.1) is 0 Å². The summed E-state index contributed by atoms with van der Waals surface area (Å²) >= 11 is 0. The summed E-state index contributed by atoms with van der Waals surface area (Å²) in [6, 6.07) is 0. The van der Waals surface area contributed by atoms with Gasteiger partial charge in [0.2, 0.25) is 5.91 Å². The molecule has 0 saturated heterocycles. The van der Waals surface area contributed by atoms with Crippen molar-refractivity contribution >= 4 is 11.9 Å². The van der Waals surface area contributed by atoms with Gasteiger partial charge >= 0.3 is 5.97 Å². The number of carbonyl (C=O) groups is 2. The van der Waals surface area contributed by atoms with E-state index in [2.05, 4.69) is 19.2 Å². The Morgan fingerprint density at radius 2 is 1.00 bits per heavy atom. The number of hydrogen-bond donors (Lipinski definition) is 1. The van der Waals surface area contributed by atoms with E-state index in [0.717, 1.165) is 19.4 Å². The van der Waals surface area contributed by atoms with E-state index in [-0.39, 0.29) is 23.9 Å². The maximum Gasteiger partial charge on any atom is 0.309 e. The second-order valence-corrected chi connectivity index (χ2v) is 15.1. The van der Waals surface area contributed by atoms with Gasteiger partial charge in [-0.05, 0) is 40.0 Å². The van der Waals surface area contributed by atoms with E-state index < -0.39 is 5.60 Å². The molecule has 0 heterocycles. The number of amides is 1. The smallest absolute Gasteiger partial charge is 0.309 e. The second kappa shape index (κ2) is 33.4. The molecule has 6 nitrogen and oxygen atoms in total. The molecule has 0 saturated carbocycles. The first-order chi connectivity index (χ1) is 22.7. The molecule has 1 amide bonds. The summed E-state index contributed by atoms with van der Waals surface area (Å²) in [6.07, 6.45) is 32.5. The predicted molar refractivity (Wildman–Crippen MR) is 200 cm³/mol. The number of carbonyl (C=O) groups excluding carboxylic acids is 2. The SMILES string of the molecule is CCCCCCCCCCCCCCOCC(CNC(=O)CC[C@H](C)C(=O)OC(C)(C)C)OCCCCCCCCCCCCCC. The largest absolute Gasteiger partial charge is 0.460 e. The van der Waals surface area contributed by atoms with Gasteiger partial charge in [0.25, 0.3) is 0 Å². The topological polar surface area (TPSA) is 73.9 Å². The van der Waals surface area contributed by atoms with Crippen LogP contribution in [0.1, 0.15) is 208 Å². The van der Waals surface area contributed by atoms with Crippen LogP contribution in [-0.2, 0) is 23.8 Å². The quantitative estimate of drug-likeness (QED) is 0.0538. The van der Waals surface area contributed by atoms with Crippen molar-refractivity contribution in [2.24, 2.45) is 5.92 Å². The van der Waals surface area contributed by atoms with Crippen molar-refractivity contribution in [3.63, 3.8) is 0 Å². The third kappa shape index (κ3) is 34.5. The molecule has 47 heavy (non-hydrogen) atoms. The zero-order valence-electron chi connectivity index (χ0n) is 32.4. The minimum atomic E-state index is -0.515. The van der Waals surface area contributed by atoms with Gasteiger partial charge in [0.15, 0.2) is 0 Å². The fraction of sp³-hybridized carbons (Fsp3) is 0.951. The number of rotatable bonds is 35. The van der Waals surface area contributed by atoms with Crippen molar-refractivity contribution in [1.82, 2.24) is 5.32 Å². The van der Waals surface area contributed by atoms with Crippen molar-refractivity contribution in [3.8, 4) is 0 Å². The van der Waals surface area contributed by atoms with Crippen molar-refractivity contribution in [2.45, 2.75) is 220 Å². The van der Waals surface area contributed by atoms with Gasteiger partial charge < -0.3 is 19.5 Å². The van der Waals surface area contributed by atoms with Crippen molar-refractivity contribution in [3.05, 3.63) is 0 Å². The number of esters is 1. The van der Waals surface area contributed by atoms with E-state index in [1.807, 2.05) is 27.7 Å². The Balaban J connectivity index is 4.23. The van der Waals surface area contributed by atoms with Crippen LogP contribution in [0.4, 0.5) is 0 Å². The van der Waals surface area contributed by atoms with Gasteiger partial charge in [0, 0.05) is 26.2 Å². The molecule has 0 aliphatic rings. The number of unbranched alkanes of at least 4 members (excludes halogenated alkanes) is 22. The lowest BCUT2D eigenvalue weighted by Gasteiger charge is -2.22. The van der Waals surface area contributed by atoms with E-state index in [4.69, 9.17) is 14.2 Å². The Kier molecular flexibility index (Phi) is 32.6. The van der Waals surface area contributed by atoms with Crippen LogP contribution in [0.5, 0.6) is 0 Å². The Hall–Kier alpha value is -1.14. The standard InChI is InChI=1S/C41H81NO5/c1-7-9-11-13-15-17-19-21-23-25-27-29-33-45-36-38(35-42-39(43)32-31-37(3)40(44)47-41(4,5)6)46-34-30-28-26-24-22-20-18-16-14-12-10-8-2/h37-38H,7-36H2,1-6H3,(H,42,43)/t37-,38?/m0/s1. The fourth-order valence-electron chi connectivity index (χ4n) is 5.80. The minimum absolute atomic E-state index is 0.0552. The summed E-state index contributed by atoms with van der Waals surface area (Å²) in [7, 11) is 0. The highest BCUT2D eigenvalue weighted by Crippen LogP contribution is 2.16. The predicted octanol–water partition coefficient (Wildman–Crippen LogP) is 11.7. The first kappa shape index (κ1) is 45.9. The van der Waals surface area contributed by atoms with Gasteiger partial charge in [-0.25, -0.2) is 0 Å². The van der Waals surface area contributed by atoms with Gasteiger partial charge in [-0.3, -0.25) is 9.59 Å². The van der Waals surface area contributed by atoms with Crippen LogP contribution >= 0.6 is 0 Å². The summed E-state index contributed by atoms with van der Waals surface area (Å²) in [6.45, 7) is 14.4. The molecule has 0 aliphatic carbocycles. The second-order valence-electron chi connectivity index (χ2n) is 15.1. The summed E-state index contributed by atoms with van der Waals surface area (Å²) in [5.74, 6) is -0.614. The van der Waals surface area contributed by atoms with E-state index in [1.165, 1.54) is 141 Å². The molecule has 0 rings (SSSR count). The first-order valence-corrected chi connectivity index (χ1v) is 20.4. The maximum absolute atomic E-state index is 12.6. The van der Waals surface area contributed by atoms with Crippen LogP contribution in [0, 0.1) is 5.92 Å². The Morgan fingerprint density at radius 1 is 0.596 bits per heavy atom. The summed E-state index contributed by atoms with van der Waals surface area (Å²) in [4.78, 5) is 24.9. The molecule has 0 bridgehead atoms. The highest BCUT2D eigenvalue weighted by Gasteiger charge is 2.22. The molecule has 280 valence electrons. The molecule has 0 radical (unpaired) electrons. The lowest BCUT2D eigenvalue weighted by Crippen LogP contribution is -2.37. The molecule has 0 fully saturated rings. The fourth-order valence-corrected chi connectivity index (χ4v) is 5.80. The average Bonchev–Trinajstić information content (AvgIpc) is 3.03. The molecule has 1 unspecified atom stereocenters. The zero-order chi connectivity index (χ0) is 34.9. The molecular formula is C41H81NO5. The van der Waals surface area contributed by atoms with Crippen molar-refractivity contribution < 1.29 is 23.8 Å². The molecule has 0 aromatic rings. The number of hydrogen-bond acceptors (Lipinski definition) is 5. The first-order valence-electron chi connectivity index (χ1n) is 20.4. The van der Waals surface area contributed by atoms with Crippen LogP contribution in [0.3, 0.4) is 0 Å². The zero-order valence-corrected chi connectivity index (χ0v) is 32.4. The summed E-state index contributed by atoms with van der Waals surface area (Å²) in [5.41, 5.74) is -0.515. The summed E-state index contributed by atoms with van der Waals surface area (Å²) in [5, 5.41) is 3.03. The highest BCUT2D eigenvalue weighted by molar-refractivity contribution is 5.77. The third-order valence-electron chi connectivity index (χ3n) is 8.94. The van der Waals surface area contributed by atoms with Crippen LogP contribution < -0.4 is 5.32 Å². The van der Waals surface area contributed by atoms with Crippen LogP contribution in [0.2, 0.25) is 0 Å². The maximum atomic E-state index is 12.6. The molecule has 0 aromatic carbocycles. The number of nitrogens with one attached hydrogen (secondary N) is 1. The van der Waals surface area contributed by atoms with Gasteiger partial charge in [-0.2, -0.15) is 0 Å². The van der Waals surface area contributed by atoms with Crippen molar-refractivity contribution in [1.29, 1.82) is 0 Å². The lowest BCUT2D eigenvalue weighted by molar-refractivity contribution is -0.159. The molecule has 0 aliphatic heterocycles. The normalized spacial score (nSPS) is 13.1. The minimum Gasteiger partial charge on any atom is -0.460 e. The Morgan fingerprint density at radius 3 is 1.43 bits per heavy atom. The van der Waals surface area contributed by atoms with E-state index in [0.29, 0.717) is 32.6 Å². The number of ether oxygens (including phenoxy) is 3. The van der Waals surface area contributed by atoms with Crippen molar-refractivity contribution in [2.75, 3.05) is 26.4 Å². The average molecular weight is 668 g/mol. The monoisotopic (exact) mass is 668 g/mol. The van der Waals surface area contributed by atoms with Gasteiger partial charge in [0.1, 0.15) is 5.60 Å². The summed E-state index contributed by atoms with van der Waals surface area (Å²) < 4.78 is 17.7. The van der Waals surface area contributed by atoms with E-state index >= 15 is 0 Å². The van der Waals surface area contributed by atoms with Crippen LogP contribution in [0.15, 0.2) is 0 Å². The molecular weight excluding hydrogens is 586 g/mol. The van der Waals surface area contributed by atoms with E-state index in [9.17, 15) is 9.59 Å². The third-order valence-corrected chi connectivity index (χ3v) is 8.94. The van der Waals surface area contributed by atoms with Crippen LogP contribution in [-0.4, -0.2) is 49.9 Å². The van der Waals surface area contributed by atoms with E-state index in [1.54, 1.807) is 0 Å². The highest BCUT2D eigenvalue weighted by atomic mass is 16.6. The molecule has 0 aromatic heterocycles.